The summed E-state index contributed by atoms with van der Waals surface area (Å²) in [5.41, 5.74) is 1.52. The molecule has 1 amide bonds. The summed E-state index contributed by atoms with van der Waals surface area (Å²) >= 11 is 5.88. The minimum Gasteiger partial charge on any atom is -0.352 e. The van der Waals surface area contributed by atoms with Gasteiger partial charge in [-0.25, -0.2) is 8.42 Å². The number of piperidine rings is 1. The van der Waals surface area contributed by atoms with Crippen LogP contribution in [-0.4, -0.2) is 38.3 Å². The summed E-state index contributed by atoms with van der Waals surface area (Å²) in [6, 6.07) is 14.0. The maximum atomic E-state index is 12.9. The van der Waals surface area contributed by atoms with Crippen LogP contribution in [0.2, 0.25) is 5.02 Å². The van der Waals surface area contributed by atoms with Crippen molar-refractivity contribution in [3.8, 4) is 0 Å². The Balaban J connectivity index is 1.56. The third-order valence-electron chi connectivity index (χ3n) is 5.32. The van der Waals surface area contributed by atoms with E-state index in [2.05, 4.69) is 12.2 Å². The predicted octanol–water partition coefficient (Wildman–Crippen LogP) is 4.12. The molecule has 29 heavy (non-hydrogen) atoms. The van der Waals surface area contributed by atoms with Crippen molar-refractivity contribution in [1.82, 2.24) is 9.62 Å². The van der Waals surface area contributed by atoms with Crippen molar-refractivity contribution >= 4 is 27.5 Å². The lowest BCUT2D eigenvalue weighted by Gasteiger charge is -2.29. The molecule has 2 aromatic rings. The summed E-state index contributed by atoms with van der Waals surface area (Å²) in [6.07, 6.45) is 3.36. The standard InChI is InChI=1S/C22H27ClN2O3S/c1-17-11-14-25(15-12-17)29(27,28)21-6-2-5-19(16-21)22(26)24-13-3-4-18-7-9-20(23)10-8-18/h2,5-10,16-17H,3-4,11-15H2,1H3,(H,24,26). The van der Waals surface area contributed by atoms with Gasteiger partial charge < -0.3 is 5.32 Å². The van der Waals surface area contributed by atoms with E-state index in [0.29, 0.717) is 36.1 Å². The molecule has 0 spiro atoms. The molecule has 2 aromatic carbocycles. The fourth-order valence-electron chi connectivity index (χ4n) is 3.42. The molecule has 0 bridgehead atoms. The average molecular weight is 435 g/mol. The fourth-order valence-corrected chi connectivity index (χ4v) is 5.06. The van der Waals surface area contributed by atoms with Crippen LogP contribution in [0.15, 0.2) is 53.4 Å². The molecule has 0 unspecified atom stereocenters. The molecule has 0 saturated carbocycles. The summed E-state index contributed by atoms with van der Waals surface area (Å²) in [7, 11) is -3.56. The van der Waals surface area contributed by atoms with Gasteiger partial charge in [0.25, 0.3) is 5.91 Å². The van der Waals surface area contributed by atoms with Crippen LogP contribution in [0.4, 0.5) is 0 Å². The Labute approximate surface area is 178 Å². The largest absolute Gasteiger partial charge is 0.352 e. The summed E-state index contributed by atoms with van der Waals surface area (Å²) in [5.74, 6) is 0.289. The number of hydrogen-bond donors (Lipinski definition) is 1. The molecular formula is C22H27ClN2O3S. The van der Waals surface area contributed by atoms with Gasteiger partial charge in [-0.05, 0) is 67.5 Å². The topological polar surface area (TPSA) is 66.5 Å². The number of carbonyl (C=O) groups is 1. The first kappa shape index (κ1) is 21.8. The van der Waals surface area contributed by atoms with Crippen molar-refractivity contribution < 1.29 is 13.2 Å². The Kier molecular flexibility index (Phi) is 7.33. The van der Waals surface area contributed by atoms with E-state index < -0.39 is 10.0 Å². The smallest absolute Gasteiger partial charge is 0.251 e. The van der Waals surface area contributed by atoms with Crippen molar-refractivity contribution in [2.24, 2.45) is 5.92 Å². The zero-order valence-electron chi connectivity index (χ0n) is 16.6. The number of hydrogen-bond acceptors (Lipinski definition) is 3. The predicted molar refractivity (Wildman–Crippen MR) is 116 cm³/mol. The number of nitrogens with one attached hydrogen (secondary N) is 1. The summed E-state index contributed by atoms with van der Waals surface area (Å²) in [6.45, 7) is 3.72. The molecule has 156 valence electrons. The molecular weight excluding hydrogens is 408 g/mol. The summed E-state index contributed by atoms with van der Waals surface area (Å²) < 4.78 is 27.3. The number of amides is 1. The second-order valence-corrected chi connectivity index (χ2v) is 9.97. The highest BCUT2D eigenvalue weighted by Crippen LogP contribution is 2.24. The van der Waals surface area contributed by atoms with Gasteiger partial charge in [0, 0.05) is 30.2 Å². The zero-order chi connectivity index (χ0) is 20.9. The van der Waals surface area contributed by atoms with E-state index >= 15 is 0 Å². The number of halogens is 1. The van der Waals surface area contributed by atoms with Crippen LogP contribution in [-0.2, 0) is 16.4 Å². The van der Waals surface area contributed by atoms with Crippen LogP contribution >= 0.6 is 11.6 Å². The first-order valence-electron chi connectivity index (χ1n) is 9.99. The molecule has 0 aromatic heterocycles. The maximum absolute atomic E-state index is 12.9. The molecule has 3 rings (SSSR count). The van der Waals surface area contributed by atoms with Gasteiger partial charge in [-0.1, -0.05) is 36.7 Å². The van der Waals surface area contributed by atoms with Crippen LogP contribution in [0.1, 0.15) is 42.1 Å². The van der Waals surface area contributed by atoms with Crippen LogP contribution in [0.3, 0.4) is 0 Å². The van der Waals surface area contributed by atoms with E-state index in [-0.39, 0.29) is 10.8 Å². The Morgan fingerprint density at radius 3 is 2.52 bits per heavy atom. The minimum atomic E-state index is -3.56. The van der Waals surface area contributed by atoms with Crippen molar-refractivity contribution in [2.45, 2.75) is 37.5 Å². The van der Waals surface area contributed by atoms with Crippen molar-refractivity contribution in [3.05, 3.63) is 64.7 Å². The van der Waals surface area contributed by atoms with Gasteiger partial charge in [-0.3, -0.25) is 4.79 Å². The summed E-state index contributed by atoms with van der Waals surface area (Å²) in [5, 5.41) is 3.58. The highest BCUT2D eigenvalue weighted by molar-refractivity contribution is 7.89. The molecule has 1 N–H and O–H groups in total. The Bertz CT molecular complexity index is 937. The van der Waals surface area contributed by atoms with Crippen LogP contribution < -0.4 is 5.32 Å². The van der Waals surface area contributed by atoms with E-state index in [9.17, 15) is 13.2 Å². The molecule has 1 aliphatic heterocycles. The summed E-state index contributed by atoms with van der Waals surface area (Å²) in [4.78, 5) is 12.6. The minimum absolute atomic E-state index is 0.181. The number of nitrogens with zero attached hydrogens (tertiary/aromatic N) is 1. The number of benzene rings is 2. The third-order valence-corrected chi connectivity index (χ3v) is 7.46. The van der Waals surface area contributed by atoms with Gasteiger partial charge in [0.1, 0.15) is 0 Å². The zero-order valence-corrected chi connectivity index (χ0v) is 18.2. The third kappa shape index (κ3) is 5.81. The van der Waals surface area contributed by atoms with Gasteiger partial charge in [0.15, 0.2) is 0 Å². The molecule has 0 atom stereocenters. The first-order chi connectivity index (χ1) is 13.9. The van der Waals surface area contributed by atoms with E-state index in [1.54, 1.807) is 18.2 Å². The van der Waals surface area contributed by atoms with Crippen LogP contribution in [0.5, 0.6) is 0 Å². The molecule has 1 saturated heterocycles. The second-order valence-electron chi connectivity index (χ2n) is 7.60. The molecule has 1 fully saturated rings. The Morgan fingerprint density at radius 2 is 1.83 bits per heavy atom. The number of sulfonamides is 1. The highest BCUT2D eigenvalue weighted by atomic mass is 35.5. The highest BCUT2D eigenvalue weighted by Gasteiger charge is 2.28. The lowest BCUT2D eigenvalue weighted by Crippen LogP contribution is -2.38. The van der Waals surface area contributed by atoms with E-state index in [4.69, 9.17) is 11.6 Å². The number of carbonyl (C=O) groups excluding carboxylic acids is 1. The average Bonchev–Trinajstić information content (AvgIpc) is 2.73. The van der Waals surface area contributed by atoms with Crippen LogP contribution in [0, 0.1) is 5.92 Å². The van der Waals surface area contributed by atoms with E-state index in [0.717, 1.165) is 31.2 Å². The van der Waals surface area contributed by atoms with Crippen molar-refractivity contribution in [1.29, 1.82) is 0 Å². The molecule has 5 nitrogen and oxygen atoms in total. The molecule has 1 heterocycles. The molecule has 0 radical (unpaired) electrons. The normalized spacial score (nSPS) is 15.9. The monoisotopic (exact) mass is 434 g/mol. The lowest BCUT2D eigenvalue weighted by molar-refractivity contribution is 0.0953. The van der Waals surface area contributed by atoms with Gasteiger partial charge >= 0.3 is 0 Å². The maximum Gasteiger partial charge on any atom is 0.251 e. The fraction of sp³-hybridized carbons (Fsp3) is 0.409. The molecule has 7 heteroatoms. The molecule has 0 aliphatic carbocycles. The second kappa shape index (κ2) is 9.74. The van der Waals surface area contributed by atoms with Crippen molar-refractivity contribution in [3.63, 3.8) is 0 Å². The SMILES string of the molecule is CC1CCN(S(=O)(=O)c2cccc(C(=O)NCCCc3ccc(Cl)cc3)c2)CC1. The quantitative estimate of drug-likeness (QED) is 0.666. The Hall–Kier alpha value is -1.89. The Morgan fingerprint density at radius 1 is 1.14 bits per heavy atom. The molecule has 1 aliphatic rings. The lowest BCUT2D eigenvalue weighted by atomic mass is 10.0. The van der Waals surface area contributed by atoms with Gasteiger partial charge in [-0.15, -0.1) is 0 Å². The van der Waals surface area contributed by atoms with Gasteiger partial charge in [0.2, 0.25) is 10.0 Å². The number of aryl methyl sites for hydroxylation is 1. The first-order valence-corrected chi connectivity index (χ1v) is 11.8. The van der Waals surface area contributed by atoms with Gasteiger partial charge in [0.05, 0.1) is 4.90 Å². The number of rotatable bonds is 7. The van der Waals surface area contributed by atoms with Gasteiger partial charge in [-0.2, -0.15) is 4.31 Å². The van der Waals surface area contributed by atoms with E-state index in [1.165, 1.54) is 10.4 Å². The van der Waals surface area contributed by atoms with Crippen LogP contribution in [0.25, 0.3) is 0 Å². The van der Waals surface area contributed by atoms with Crippen molar-refractivity contribution in [2.75, 3.05) is 19.6 Å². The van der Waals surface area contributed by atoms with E-state index in [1.807, 2.05) is 24.3 Å².